The Morgan fingerprint density at radius 3 is 2.55 bits per heavy atom. The normalized spacial score (nSPS) is 16.6. The quantitative estimate of drug-likeness (QED) is 0.829. The fourth-order valence-electron chi connectivity index (χ4n) is 2.38. The summed E-state index contributed by atoms with van der Waals surface area (Å²) in [4.78, 5) is 14.4. The van der Waals surface area contributed by atoms with Crippen LogP contribution in [0.5, 0.6) is 5.75 Å². The van der Waals surface area contributed by atoms with Crippen molar-refractivity contribution in [2.75, 3.05) is 13.1 Å². The Hall–Kier alpha value is -1.03. The average Bonchev–Trinajstić information content (AvgIpc) is 2.41. The van der Waals surface area contributed by atoms with Crippen molar-refractivity contribution in [2.24, 2.45) is 5.92 Å². The molecule has 20 heavy (non-hydrogen) atoms. The van der Waals surface area contributed by atoms with Gasteiger partial charge in [-0.15, -0.1) is 0 Å². The van der Waals surface area contributed by atoms with Gasteiger partial charge in [-0.05, 0) is 66.7 Å². The highest BCUT2D eigenvalue weighted by Crippen LogP contribution is 2.28. The van der Waals surface area contributed by atoms with E-state index in [1.54, 1.807) is 0 Å². The maximum absolute atomic E-state index is 12.5. The van der Waals surface area contributed by atoms with Crippen molar-refractivity contribution in [3.63, 3.8) is 0 Å². The number of hydrogen-bond acceptors (Lipinski definition) is 2. The van der Waals surface area contributed by atoms with Crippen LogP contribution in [0.2, 0.25) is 0 Å². The third-order valence-corrected chi connectivity index (χ3v) is 4.23. The second-order valence-electron chi connectivity index (χ2n) is 5.79. The first-order chi connectivity index (χ1) is 9.47. The van der Waals surface area contributed by atoms with E-state index in [1.165, 1.54) is 0 Å². The maximum atomic E-state index is 12.5. The SMILES string of the molecule is CC1CCN(C(=O)c2ccc(OC(C)C)c(Br)c2)CC1. The molecule has 0 spiro atoms. The summed E-state index contributed by atoms with van der Waals surface area (Å²) in [6.07, 6.45) is 2.32. The summed E-state index contributed by atoms with van der Waals surface area (Å²) in [6.45, 7) is 7.95. The van der Waals surface area contributed by atoms with E-state index in [9.17, 15) is 4.79 Å². The number of hydrogen-bond donors (Lipinski definition) is 0. The molecule has 1 saturated heterocycles. The van der Waals surface area contributed by atoms with Gasteiger partial charge >= 0.3 is 0 Å². The topological polar surface area (TPSA) is 29.5 Å². The summed E-state index contributed by atoms with van der Waals surface area (Å²) in [6, 6.07) is 5.57. The Morgan fingerprint density at radius 1 is 1.35 bits per heavy atom. The number of carbonyl (C=O) groups excluding carboxylic acids is 1. The zero-order valence-electron chi connectivity index (χ0n) is 12.4. The molecule has 0 radical (unpaired) electrons. The van der Waals surface area contributed by atoms with Crippen molar-refractivity contribution < 1.29 is 9.53 Å². The molecule has 110 valence electrons. The van der Waals surface area contributed by atoms with Crippen molar-refractivity contribution >= 4 is 21.8 Å². The van der Waals surface area contributed by atoms with Gasteiger partial charge in [0.2, 0.25) is 0 Å². The van der Waals surface area contributed by atoms with Crippen LogP contribution >= 0.6 is 15.9 Å². The molecule has 1 aromatic rings. The van der Waals surface area contributed by atoms with Crippen LogP contribution in [0.15, 0.2) is 22.7 Å². The number of benzene rings is 1. The molecule has 1 aliphatic heterocycles. The van der Waals surface area contributed by atoms with Gasteiger partial charge in [-0.1, -0.05) is 6.92 Å². The van der Waals surface area contributed by atoms with E-state index in [4.69, 9.17) is 4.74 Å². The molecule has 0 aliphatic carbocycles. The average molecular weight is 340 g/mol. The van der Waals surface area contributed by atoms with Crippen LogP contribution in [-0.4, -0.2) is 30.0 Å². The van der Waals surface area contributed by atoms with Crippen molar-refractivity contribution in [3.05, 3.63) is 28.2 Å². The molecule has 1 aliphatic rings. The van der Waals surface area contributed by atoms with Crippen molar-refractivity contribution in [1.82, 2.24) is 4.90 Å². The second kappa shape index (κ2) is 6.61. The van der Waals surface area contributed by atoms with Crippen LogP contribution in [-0.2, 0) is 0 Å². The monoisotopic (exact) mass is 339 g/mol. The highest BCUT2D eigenvalue weighted by atomic mass is 79.9. The zero-order chi connectivity index (χ0) is 14.7. The van der Waals surface area contributed by atoms with Gasteiger partial charge < -0.3 is 9.64 Å². The van der Waals surface area contributed by atoms with Crippen molar-refractivity contribution in [2.45, 2.75) is 39.7 Å². The molecule has 0 bridgehead atoms. The van der Waals surface area contributed by atoms with Gasteiger partial charge in [0, 0.05) is 18.7 Å². The van der Waals surface area contributed by atoms with E-state index < -0.39 is 0 Å². The number of nitrogens with zero attached hydrogens (tertiary/aromatic N) is 1. The highest BCUT2D eigenvalue weighted by molar-refractivity contribution is 9.10. The predicted octanol–water partition coefficient (Wildman–Crippen LogP) is 4.11. The van der Waals surface area contributed by atoms with Crippen LogP contribution in [0.4, 0.5) is 0 Å². The number of halogens is 1. The largest absolute Gasteiger partial charge is 0.490 e. The van der Waals surface area contributed by atoms with E-state index in [0.717, 1.165) is 47.6 Å². The first-order valence-electron chi connectivity index (χ1n) is 7.23. The molecule has 1 aromatic carbocycles. The van der Waals surface area contributed by atoms with Crippen LogP contribution in [0, 0.1) is 5.92 Å². The van der Waals surface area contributed by atoms with Crippen LogP contribution in [0.25, 0.3) is 0 Å². The van der Waals surface area contributed by atoms with E-state index in [-0.39, 0.29) is 12.0 Å². The first-order valence-corrected chi connectivity index (χ1v) is 8.02. The maximum Gasteiger partial charge on any atom is 0.253 e. The summed E-state index contributed by atoms with van der Waals surface area (Å²) in [5.74, 6) is 1.63. The zero-order valence-corrected chi connectivity index (χ0v) is 13.9. The molecule has 0 saturated carbocycles. The molecule has 3 nitrogen and oxygen atoms in total. The fraction of sp³-hybridized carbons (Fsp3) is 0.562. The number of likely N-dealkylation sites (tertiary alicyclic amines) is 1. The Bertz CT molecular complexity index is 479. The Balaban J connectivity index is 2.09. The Morgan fingerprint density at radius 2 is 2.00 bits per heavy atom. The van der Waals surface area contributed by atoms with Crippen LogP contribution in [0.3, 0.4) is 0 Å². The third kappa shape index (κ3) is 3.75. The molecule has 0 unspecified atom stereocenters. The third-order valence-electron chi connectivity index (χ3n) is 3.61. The summed E-state index contributed by atoms with van der Waals surface area (Å²) < 4.78 is 6.50. The molecule has 0 atom stereocenters. The lowest BCUT2D eigenvalue weighted by Crippen LogP contribution is -2.37. The number of carbonyl (C=O) groups is 1. The molecule has 1 amide bonds. The molecular formula is C16H22BrNO2. The number of amides is 1. The van der Waals surface area contributed by atoms with Gasteiger partial charge in [0.1, 0.15) is 5.75 Å². The smallest absolute Gasteiger partial charge is 0.253 e. The lowest BCUT2D eigenvalue weighted by molar-refractivity contribution is 0.0697. The van der Waals surface area contributed by atoms with Gasteiger partial charge in [-0.3, -0.25) is 4.79 Å². The molecule has 0 aromatic heterocycles. The molecule has 2 rings (SSSR count). The minimum absolute atomic E-state index is 0.119. The lowest BCUT2D eigenvalue weighted by Gasteiger charge is -2.30. The predicted molar refractivity (Wildman–Crippen MR) is 84.2 cm³/mol. The molecular weight excluding hydrogens is 318 g/mol. The summed E-state index contributed by atoms with van der Waals surface area (Å²) in [5.41, 5.74) is 0.725. The second-order valence-corrected chi connectivity index (χ2v) is 6.64. The fourth-order valence-corrected chi connectivity index (χ4v) is 2.85. The van der Waals surface area contributed by atoms with Gasteiger partial charge in [-0.25, -0.2) is 0 Å². The summed E-state index contributed by atoms with van der Waals surface area (Å²) in [7, 11) is 0. The van der Waals surface area contributed by atoms with E-state index in [1.807, 2.05) is 36.9 Å². The van der Waals surface area contributed by atoms with Gasteiger partial charge in [0.05, 0.1) is 10.6 Å². The standard InChI is InChI=1S/C16H22BrNO2/c1-11(2)20-15-5-4-13(10-14(15)17)16(19)18-8-6-12(3)7-9-18/h4-5,10-12H,6-9H2,1-3H3. The van der Waals surface area contributed by atoms with Gasteiger partial charge in [0.25, 0.3) is 5.91 Å². The number of piperidine rings is 1. The van der Waals surface area contributed by atoms with Gasteiger partial charge in [0.15, 0.2) is 0 Å². The highest BCUT2D eigenvalue weighted by Gasteiger charge is 2.22. The number of ether oxygens (including phenoxy) is 1. The van der Waals surface area contributed by atoms with Crippen LogP contribution < -0.4 is 4.74 Å². The summed E-state index contributed by atoms with van der Waals surface area (Å²) in [5, 5.41) is 0. The molecule has 1 fully saturated rings. The van der Waals surface area contributed by atoms with Crippen LogP contribution in [0.1, 0.15) is 44.0 Å². The molecule has 0 N–H and O–H groups in total. The summed E-state index contributed by atoms with van der Waals surface area (Å²) >= 11 is 3.48. The minimum atomic E-state index is 0.119. The van der Waals surface area contributed by atoms with Crippen molar-refractivity contribution in [3.8, 4) is 5.75 Å². The first kappa shape index (κ1) is 15.4. The lowest BCUT2D eigenvalue weighted by atomic mass is 9.98. The van der Waals surface area contributed by atoms with E-state index in [2.05, 4.69) is 22.9 Å². The molecule has 1 heterocycles. The Kier molecular flexibility index (Phi) is 5.08. The number of rotatable bonds is 3. The molecule has 4 heteroatoms. The minimum Gasteiger partial charge on any atom is -0.490 e. The van der Waals surface area contributed by atoms with E-state index in [0.29, 0.717) is 0 Å². The van der Waals surface area contributed by atoms with Crippen molar-refractivity contribution in [1.29, 1.82) is 0 Å². The van der Waals surface area contributed by atoms with Gasteiger partial charge in [-0.2, -0.15) is 0 Å². The van der Waals surface area contributed by atoms with E-state index >= 15 is 0 Å². The Labute approximate surface area is 129 Å².